The molecule has 0 aliphatic rings. The largest absolute Gasteiger partial charge is 0.441 e. The number of benzene rings is 1. The molecule has 0 radical (unpaired) electrons. The van der Waals surface area contributed by atoms with Crippen molar-refractivity contribution in [3.63, 3.8) is 0 Å². The third-order valence-corrected chi connectivity index (χ3v) is 3.06. The van der Waals surface area contributed by atoms with Gasteiger partial charge in [0.05, 0.1) is 10.7 Å². The third kappa shape index (κ3) is 1.54. The van der Waals surface area contributed by atoms with Gasteiger partial charge in [-0.1, -0.05) is 29.8 Å². The molecular weight excluding hydrogens is 236 g/mol. The predicted octanol–water partition coefficient (Wildman–Crippen LogP) is 3.86. The maximum atomic E-state index is 6.21. The lowest BCUT2D eigenvalue weighted by Gasteiger charge is -2.02. The number of hydrogen-bond donors (Lipinski definition) is 0. The van der Waals surface area contributed by atoms with Crippen molar-refractivity contribution in [1.82, 2.24) is 9.61 Å². The zero-order valence-electron chi connectivity index (χ0n) is 9.57. The highest BCUT2D eigenvalue weighted by Gasteiger charge is 2.16. The molecule has 0 saturated carbocycles. The molecule has 0 N–H and O–H groups in total. The zero-order valence-corrected chi connectivity index (χ0v) is 10.3. The highest BCUT2D eigenvalue weighted by Crippen LogP contribution is 2.32. The SMILES string of the molecule is Cc1cc2oc(C)c(-c3ccccc3Cl)n2n1. The van der Waals surface area contributed by atoms with E-state index in [-0.39, 0.29) is 0 Å². The van der Waals surface area contributed by atoms with Crippen LogP contribution in [0.4, 0.5) is 0 Å². The molecule has 3 nitrogen and oxygen atoms in total. The van der Waals surface area contributed by atoms with Crippen LogP contribution < -0.4 is 0 Å². The molecule has 0 saturated heterocycles. The van der Waals surface area contributed by atoms with Crippen molar-refractivity contribution < 1.29 is 4.42 Å². The van der Waals surface area contributed by atoms with Crippen molar-refractivity contribution in [2.45, 2.75) is 13.8 Å². The summed E-state index contributed by atoms with van der Waals surface area (Å²) in [4.78, 5) is 0. The van der Waals surface area contributed by atoms with Crippen LogP contribution in [0.15, 0.2) is 34.7 Å². The number of rotatable bonds is 1. The second-order valence-corrected chi connectivity index (χ2v) is 4.43. The van der Waals surface area contributed by atoms with E-state index in [1.165, 1.54) is 0 Å². The molecule has 17 heavy (non-hydrogen) atoms. The minimum atomic E-state index is 0.700. The van der Waals surface area contributed by atoms with Gasteiger partial charge in [-0.15, -0.1) is 0 Å². The van der Waals surface area contributed by atoms with Crippen molar-refractivity contribution in [1.29, 1.82) is 0 Å². The van der Waals surface area contributed by atoms with E-state index in [9.17, 15) is 0 Å². The van der Waals surface area contributed by atoms with Crippen LogP contribution in [0.25, 0.3) is 17.0 Å². The smallest absolute Gasteiger partial charge is 0.222 e. The molecule has 3 rings (SSSR count). The molecule has 0 unspecified atom stereocenters. The fourth-order valence-corrected chi connectivity index (χ4v) is 2.25. The Morgan fingerprint density at radius 2 is 2.00 bits per heavy atom. The van der Waals surface area contributed by atoms with E-state index < -0.39 is 0 Å². The number of hydrogen-bond acceptors (Lipinski definition) is 2. The summed E-state index contributed by atoms with van der Waals surface area (Å²) in [5, 5.41) is 5.12. The van der Waals surface area contributed by atoms with E-state index in [4.69, 9.17) is 16.0 Å². The Morgan fingerprint density at radius 1 is 1.24 bits per heavy atom. The number of halogens is 1. The van der Waals surface area contributed by atoms with Crippen LogP contribution in [0.1, 0.15) is 11.5 Å². The summed E-state index contributed by atoms with van der Waals surface area (Å²) >= 11 is 6.21. The van der Waals surface area contributed by atoms with Gasteiger partial charge in [-0.05, 0) is 19.9 Å². The van der Waals surface area contributed by atoms with Crippen LogP contribution in [0.2, 0.25) is 5.02 Å². The highest BCUT2D eigenvalue weighted by molar-refractivity contribution is 6.33. The molecule has 0 amide bonds. The molecule has 0 bridgehead atoms. The van der Waals surface area contributed by atoms with Crippen LogP contribution in [0.3, 0.4) is 0 Å². The van der Waals surface area contributed by atoms with Crippen molar-refractivity contribution >= 4 is 17.3 Å². The Labute approximate surface area is 104 Å². The van der Waals surface area contributed by atoms with Gasteiger partial charge in [0.2, 0.25) is 5.71 Å². The molecule has 2 aromatic heterocycles. The van der Waals surface area contributed by atoms with Gasteiger partial charge in [-0.25, -0.2) is 0 Å². The number of nitrogens with zero attached hydrogens (tertiary/aromatic N) is 2. The van der Waals surface area contributed by atoms with Crippen LogP contribution in [-0.4, -0.2) is 9.61 Å². The van der Waals surface area contributed by atoms with Gasteiger partial charge in [0.15, 0.2) is 0 Å². The molecule has 0 aliphatic heterocycles. The van der Waals surface area contributed by atoms with Gasteiger partial charge in [-0.2, -0.15) is 9.61 Å². The van der Waals surface area contributed by atoms with Crippen molar-refractivity contribution in [3.8, 4) is 11.3 Å². The average Bonchev–Trinajstić information content (AvgIpc) is 2.75. The molecule has 2 heterocycles. The van der Waals surface area contributed by atoms with Crippen LogP contribution in [0.5, 0.6) is 0 Å². The quantitative estimate of drug-likeness (QED) is 0.653. The summed E-state index contributed by atoms with van der Waals surface area (Å²) in [5.74, 6) is 0.820. The van der Waals surface area contributed by atoms with Gasteiger partial charge < -0.3 is 4.42 Å². The van der Waals surface area contributed by atoms with Crippen molar-refractivity contribution in [2.75, 3.05) is 0 Å². The second kappa shape index (κ2) is 3.64. The molecule has 0 aliphatic carbocycles. The second-order valence-electron chi connectivity index (χ2n) is 4.02. The standard InChI is InChI=1S/C13H11ClN2O/c1-8-7-12-16(15-8)13(9(2)17-12)10-5-3-4-6-11(10)14/h3-7H,1-2H3. The van der Waals surface area contributed by atoms with E-state index in [0.29, 0.717) is 5.02 Å². The Bertz CT molecular complexity index is 697. The van der Waals surface area contributed by atoms with Crippen LogP contribution in [0, 0.1) is 13.8 Å². The molecule has 0 spiro atoms. The summed E-state index contributed by atoms with van der Waals surface area (Å²) in [6.45, 7) is 3.86. The monoisotopic (exact) mass is 246 g/mol. The Kier molecular flexibility index (Phi) is 2.23. The number of fused-ring (bicyclic) bond motifs is 1. The normalized spacial score (nSPS) is 11.2. The van der Waals surface area contributed by atoms with E-state index >= 15 is 0 Å². The van der Waals surface area contributed by atoms with Crippen molar-refractivity contribution in [2.24, 2.45) is 0 Å². The fraction of sp³-hybridized carbons (Fsp3) is 0.154. The lowest BCUT2D eigenvalue weighted by Crippen LogP contribution is -1.91. The summed E-state index contributed by atoms with van der Waals surface area (Å²) in [5.41, 5.74) is 3.53. The maximum absolute atomic E-state index is 6.21. The first-order chi connectivity index (χ1) is 8.16. The minimum absolute atomic E-state index is 0.700. The Hall–Kier alpha value is -1.74. The van der Waals surface area contributed by atoms with Crippen molar-refractivity contribution in [3.05, 3.63) is 46.8 Å². The summed E-state index contributed by atoms with van der Waals surface area (Å²) in [7, 11) is 0. The lowest BCUT2D eigenvalue weighted by molar-refractivity contribution is 0.573. The fourth-order valence-electron chi connectivity index (χ4n) is 2.02. The van der Waals surface area contributed by atoms with Gasteiger partial charge in [0.25, 0.3) is 0 Å². The Morgan fingerprint density at radius 3 is 2.76 bits per heavy atom. The van der Waals surface area contributed by atoms with Crippen LogP contribution >= 0.6 is 11.6 Å². The molecular formula is C13H11ClN2O. The summed E-state index contributed by atoms with van der Waals surface area (Å²) < 4.78 is 7.47. The summed E-state index contributed by atoms with van der Waals surface area (Å²) in [6, 6.07) is 9.61. The van der Waals surface area contributed by atoms with Gasteiger partial charge in [-0.3, -0.25) is 0 Å². The van der Waals surface area contributed by atoms with Gasteiger partial charge in [0.1, 0.15) is 11.5 Å². The van der Waals surface area contributed by atoms with E-state index in [0.717, 1.165) is 28.4 Å². The van der Waals surface area contributed by atoms with Gasteiger partial charge in [0, 0.05) is 11.6 Å². The molecule has 1 aromatic carbocycles. The predicted molar refractivity (Wildman–Crippen MR) is 67.4 cm³/mol. The molecule has 86 valence electrons. The minimum Gasteiger partial charge on any atom is -0.441 e. The third-order valence-electron chi connectivity index (χ3n) is 2.73. The first-order valence-electron chi connectivity index (χ1n) is 5.37. The zero-order chi connectivity index (χ0) is 12.0. The first kappa shape index (κ1) is 10.4. The topological polar surface area (TPSA) is 30.4 Å². The maximum Gasteiger partial charge on any atom is 0.222 e. The first-order valence-corrected chi connectivity index (χ1v) is 5.75. The van der Waals surface area contributed by atoms with E-state index in [1.54, 1.807) is 4.52 Å². The molecule has 0 fully saturated rings. The number of oxazole rings is 1. The average molecular weight is 247 g/mol. The molecule has 3 aromatic rings. The van der Waals surface area contributed by atoms with Crippen LogP contribution in [-0.2, 0) is 0 Å². The highest BCUT2D eigenvalue weighted by atomic mass is 35.5. The summed E-state index contributed by atoms with van der Waals surface area (Å²) in [6.07, 6.45) is 0. The Balaban J connectivity index is 2.36. The van der Waals surface area contributed by atoms with E-state index in [1.807, 2.05) is 44.2 Å². The molecule has 0 atom stereocenters. The lowest BCUT2D eigenvalue weighted by atomic mass is 10.1. The van der Waals surface area contributed by atoms with Gasteiger partial charge >= 0.3 is 0 Å². The van der Waals surface area contributed by atoms with E-state index in [2.05, 4.69) is 5.10 Å². The molecule has 4 heteroatoms. The number of aryl methyl sites for hydroxylation is 2. The number of aromatic nitrogens is 2.